The number of hydrazone groups is 1. The average Bonchev–Trinajstić information content (AvgIpc) is 3.09. The number of nitrogens with zero attached hydrogens (tertiary/aromatic N) is 3. The van der Waals surface area contributed by atoms with E-state index in [9.17, 15) is 9.59 Å². The van der Waals surface area contributed by atoms with Crippen molar-refractivity contribution >= 4 is 47.3 Å². The van der Waals surface area contributed by atoms with Gasteiger partial charge in [0, 0.05) is 34.0 Å². The van der Waals surface area contributed by atoms with Crippen LogP contribution in [0.4, 0.5) is 15.8 Å². The summed E-state index contributed by atoms with van der Waals surface area (Å²) in [5, 5.41) is 11.3. The first-order valence-electron chi connectivity index (χ1n) is 16.8. The average molecular weight is 706 g/mol. The molecule has 1 atom stereocenters. The summed E-state index contributed by atoms with van der Waals surface area (Å²) >= 11 is 6.11. The molecule has 2 heterocycles. The van der Waals surface area contributed by atoms with Gasteiger partial charge in [0.15, 0.2) is 5.82 Å². The van der Waals surface area contributed by atoms with Gasteiger partial charge in [-0.2, -0.15) is 5.10 Å². The van der Waals surface area contributed by atoms with Crippen LogP contribution >= 0.6 is 11.6 Å². The van der Waals surface area contributed by atoms with Gasteiger partial charge in [-0.25, -0.2) is 15.0 Å². The molecule has 266 valence electrons. The molecule has 1 amide bonds. The van der Waals surface area contributed by atoms with Crippen LogP contribution in [0.3, 0.4) is 0 Å². The molecule has 50 heavy (non-hydrogen) atoms. The molecule has 2 aliphatic heterocycles. The van der Waals surface area contributed by atoms with Gasteiger partial charge in [-0.15, -0.1) is 0 Å². The molecule has 0 bridgehead atoms. The van der Waals surface area contributed by atoms with Crippen molar-refractivity contribution in [2.45, 2.75) is 58.2 Å². The summed E-state index contributed by atoms with van der Waals surface area (Å²) in [6, 6.07) is 15.6. The highest BCUT2D eigenvalue weighted by atomic mass is 35.5. The van der Waals surface area contributed by atoms with Gasteiger partial charge in [-0.1, -0.05) is 23.7 Å². The number of nitrogens with one attached hydrogen (secondary N) is 2. The number of halogens is 2. The van der Waals surface area contributed by atoms with Crippen molar-refractivity contribution in [3.05, 3.63) is 93.8 Å². The second-order valence-electron chi connectivity index (χ2n) is 13.0. The highest BCUT2D eigenvalue weighted by Gasteiger charge is 2.43. The number of ether oxygens (including phenoxy) is 2. The summed E-state index contributed by atoms with van der Waals surface area (Å²) in [5.74, 6) is 11.1. The van der Waals surface area contributed by atoms with Gasteiger partial charge in [0.05, 0.1) is 29.5 Å². The third-order valence-corrected chi connectivity index (χ3v) is 9.43. The Morgan fingerprint density at radius 1 is 1.16 bits per heavy atom. The number of benzene rings is 3. The third kappa shape index (κ3) is 8.38. The van der Waals surface area contributed by atoms with E-state index in [0.29, 0.717) is 30.2 Å². The lowest BCUT2D eigenvalue weighted by molar-refractivity contribution is -0.134. The number of carbonyl (C=O) groups is 2. The number of carbonyl (C=O) groups excluding carboxylic acids is 2. The first kappa shape index (κ1) is 36.6. The topological polar surface area (TPSA) is 148 Å². The van der Waals surface area contributed by atoms with Crippen LogP contribution in [0.5, 0.6) is 5.75 Å². The number of fused-ring (bicyclic) bond motifs is 1. The molecule has 6 N–H and O–H groups in total. The number of nitrogens with two attached hydrogens (primary N) is 2. The fourth-order valence-corrected chi connectivity index (χ4v) is 6.79. The number of anilines is 2. The van der Waals surface area contributed by atoms with E-state index in [1.54, 1.807) is 36.1 Å². The summed E-state index contributed by atoms with van der Waals surface area (Å²) in [7, 11) is 0. The van der Waals surface area contributed by atoms with E-state index < -0.39 is 23.5 Å². The number of hydrogen-bond donors (Lipinski definition) is 4. The minimum Gasteiger partial charge on any atom is -0.493 e. The van der Waals surface area contributed by atoms with Crippen LogP contribution in [0.25, 0.3) is 6.08 Å². The summed E-state index contributed by atoms with van der Waals surface area (Å²) < 4.78 is 26.9. The van der Waals surface area contributed by atoms with Crippen LogP contribution < -0.4 is 32.1 Å². The Kier molecular flexibility index (Phi) is 12.0. The van der Waals surface area contributed by atoms with E-state index in [4.69, 9.17) is 32.8 Å². The van der Waals surface area contributed by atoms with E-state index in [2.05, 4.69) is 15.7 Å². The first-order valence-corrected chi connectivity index (χ1v) is 17.2. The largest absolute Gasteiger partial charge is 0.493 e. The lowest BCUT2D eigenvalue weighted by Crippen LogP contribution is -2.55. The number of amides is 1. The molecule has 1 unspecified atom stereocenters. The quantitative estimate of drug-likeness (QED) is 0.0445. The molecule has 13 heteroatoms. The van der Waals surface area contributed by atoms with Gasteiger partial charge < -0.3 is 30.8 Å². The van der Waals surface area contributed by atoms with Gasteiger partial charge in [-0.3, -0.25) is 9.80 Å². The fraction of sp³-hybridized carbons (Fsp3) is 0.378. The standard InChI is InChI=1S/C37H45ClFN7O4/c1-4-49-36(48)25-8-10-26(11-9-25)44-35-27-6-5-7-32(50-21-18-24-16-19-42-20-17-24)29(27)22-37(2,3)46(35)33(47)15-12-28-31(45(41)23-43-40)14-13-30(38)34(28)39/h5-15,23-24,35,42,44H,4,16-22,40-41H2,1-3H3/b15-12+,43-23+. The molecule has 0 radical (unpaired) electrons. The minimum atomic E-state index is -0.750. The lowest BCUT2D eigenvalue weighted by atomic mass is 9.82. The number of hydrazine groups is 1. The number of esters is 1. The molecule has 1 fully saturated rings. The molecule has 11 nitrogen and oxygen atoms in total. The Balaban J connectivity index is 1.50. The van der Waals surface area contributed by atoms with Crippen molar-refractivity contribution in [1.82, 2.24) is 10.2 Å². The SMILES string of the molecule is CCOC(=O)c1ccc(NC2c3cccc(OCCC4CCNCC4)c3CC(C)(C)N2C(=O)/C=C/c2c(N(N)/C=N/N)ccc(Cl)c2F)cc1. The zero-order valence-electron chi connectivity index (χ0n) is 28.6. The normalized spacial score (nSPS) is 17.5. The van der Waals surface area contributed by atoms with E-state index in [1.165, 1.54) is 24.3 Å². The molecule has 3 aromatic carbocycles. The Hall–Kier alpha value is -4.65. The molecule has 0 aliphatic carbocycles. The van der Waals surface area contributed by atoms with Gasteiger partial charge in [0.2, 0.25) is 5.91 Å². The van der Waals surface area contributed by atoms with Crippen LogP contribution in [0.15, 0.2) is 65.8 Å². The zero-order chi connectivity index (χ0) is 35.8. The number of rotatable bonds is 12. The maximum Gasteiger partial charge on any atom is 0.338 e. The van der Waals surface area contributed by atoms with Crippen LogP contribution in [0, 0.1) is 11.7 Å². The summed E-state index contributed by atoms with van der Waals surface area (Å²) in [6.45, 7) is 8.65. The number of piperidine rings is 1. The van der Waals surface area contributed by atoms with Crippen LogP contribution in [-0.4, -0.2) is 55.0 Å². The van der Waals surface area contributed by atoms with Gasteiger partial charge in [0.25, 0.3) is 0 Å². The van der Waals surface area contributed by atoms with Crippen LogP contribution in [0.2, 0.25) is 5.02 Å². The summed E-state index contributed by atoms with van der Waals surface area (Å²) in [6.07, 6.45) is 6.86. The molecule has 1 saturated heterocycles. The van der Waals surface area contributed by atoms with E-state index in [-0.39, 0.29) is 28.8 Å². The minimum absolute atomic E-state index is 0.00744. The third-order valence-electron chi connectivity index (χ3n) is 9.13. The first-order chi connectivity index (χ1) is 24.0. The highest BCUT2D eigenvalue weighted by Crippen LogP contribution is 2.43. The van der Waals surface area contributed by atoms with Crippen molar-refractivity contribution in [3.63, 3.8) is 0 Å². The lowest BCUT2D eigenvalue weighted by Gasteiger charge is -2.49. The van der Waals surface area contributed by atoms with Crippen LogP contribution in [0.1, 0.15) is 73.2 Å². The second-order valence-corrected chi connectivity index (χ2v) is 13.4. The predicted octanol–water partition coefficient (Wildman–Crippen LogP) is 5.99. The van der Waals surface area contributed by atoms with E-state index in [1.807, 2.05) is 32.0 Å². The van der Waals surface area contributed by atoms with Gasteiger partial charge in [0.1, 0.15) is 18.3 Å². The van der Waals surface area contributed by atoms with Gasteiger partial charge >= 0.3 is 5.97 Å². The Labute approximate surface area is 297 Å². The smallest absolute Gasteiger partial charge is 0.338 e. The van der Waals surface area contributed by atoms with Crippen molar-refractivity contribution in [1.29, 1.82) is 0 Å². The molecule has 0 saturated carbocycles. The monoisotopic (exact) mass is 705 g/mol. The maximum absolute atomic E-state index is 15.3. The second kappa shape index (κ2) is 16.4. The Bertz CT molecular complexity index is 1730. The summed E-state index contributed by atoms with van der Waals surface area (Å²) in [5.41, 5.74) is 2.42. The molecule has 5 rings (SSSR count). The maximum atomic E-state index is 15.3. The molecular weight excluding hydrogens is 661 g/mol. The number of hydrogen-bond acceptors (Lipinski definition) is 9. The van der Waals surface area contributed by atoms with Crippen molar-refractivity contribution in [2.24, 2.45) is 22.7 Å². The van der Waals surface area contributed by atoms with Gasteiger partial charge in [-0.05, 0) is 114 Å². The van der Waals surface area contributed by atoms with E-state index >= 15 is 4.39 Å². The fourth-order valence-electron chi connectivity index (χ4n) is 6.63. The van der Waals surface area contributed by atoms with Crippen LogP contribution in [-0.2, 0) is 16.0 Å². The molecule has 0 spiro atoms. The van der Waals surface area contributed by atoms with Crippen molar-refractivity contribution in [2.75, 3.05) is 36.6 Å². The zero-order valence-corrected chi connectivity index (χ0v) is 29.4. The predicted molar refractivity (Wildman–Crippen MR) is 195 cm³/mol. The highest BCUT2D eigenvalue weighted by molar-refractivity contribution is 6.31. The molecule has 3 aromatic rings. The Morgan fingerprint density at radius 2 is 1.90 bits per heavy atom. The summed E-state index contributed by atoms with van der Waals surface area (Å²) in [4.78, 5) is 28.4. The molecular formula is C37H45ClFN7O4. The van der Waals surface area contributed by atoms with Crippen molar-refractivity contribution in [3.8, 4) is 5.75 Å². The van der Waals surface area contributed by atoms with E-state index in [0.717, 1.165) is 60.6 Å². The van der Waals surface area contributed by atoms with Crippen molar-refractivity contribution < 1.29 is 23.5 Å². The molecule has 0 aromatic heterocycles. The molecule has 2 aliphatic rings. The Morgan fingerprint density at radius 3 is 2.60 bits per heavy atom.